The Kier molecular flexibility index (Phi) is 3.92. The number of carbonyl (C=O) groups excluding carboxylic acids is 1. The van der Waals surface area contributed by atoms with E-state index in [0.717, 1.165) is 9.88 Å². The molecule has 5 nitrogen and oxygen atoms in total. The fourth-order valence-electron chi connectivity index (χ4n) is 1.65. The molecule has 1 aromatic carbocycles. The molecule has 0 unspecified atom stereocenters. The van der Waals surface area contributed by atoms with Gasteiger partial charge in [-0.15, -0.1) is 11.3 Å². The molecule has 0 atom stereocenters. The van der Waals surface area contributed by atoms with Gasteiger partial charge in [0.1, 0.15) is 5.01 Å². The van der Waals surface area contributed by atoms with Crippen molar-refractivity contribution in [3.8, 4) is 0 Å². The molecule has 1 aromatic heterocycles. The maximum atomic E-state index is 11.4. The van der Waals surface area contributed by atoms with E-state index in [2.05, 4.69) is 10.3 Å². The summed E-state index contributed by atoms with van der Waals surface area (Å²) >= 11 is 7.66. The normalized spacial score (nSPS) is 10.4. The number of thiazole rings is 1. The van der Waals surface area contributed by atoms with Crippen molar-refractivity contribution >= 4 is 40.2 Å². The molecule has 0 radical (unpaired) electrons. The molecule has 0 saturated carbocycles. The zero-order chi connectivity index (χ0) is 14.0. The van der Waals surface area contributed by atoms with Crippen molar-refractivity contribution in [2.24, 2.45) is 5.73 Å². The largest absolute Gasteiger partial charge is 0.399 e. The van der Waals surface area contributed by atoms with E-state index in [9.17, 15) is 4.79 Å². The molecule has 0 saturated heterocycles. The van der Waals surface area contributed by atoms with Crippen LogP contribution < -0.4 is 16.8 Å². The van der Waals surface area contributed by atoms with Gasteiger partial charge in [0, 0.05) is 16.8 Å². The first-order chi connectivity index (χ1) is 8.97. The van der Waals surface area contributed by atoms with E-state index in [1.54, 1.807) is 23.6 Å². The molecule has 0 aliphatic heterocycles. The Bertz CT molecular complexity index is 626. The molecule has 0 aliphatic rings. The first-order valence-corrected chi connectivity index (χ1v) is 6.71. The molecule has 100 valence electrons. The van der Waals surface area contributed by atoms with Gasteiger partial charge in [-0.1, -0.05) is 11.6 Å². The highest BCUT2D eigenvalue weighted by atomic mass is 35.5. The van der Waals surface area contributed by atoms with Gasteiger partial charge in [-0.05, 0) is 19.1 Å². The highest BCUT2D eigenvalue weighted by Crippen LogP contribution is 2.29. The van der Waals surface area contributed by atoms with Gasteiger partial charge in [-0.25, -0.2) is 4.98 Å². The van der Waals surface area contributed by atoms with Crippen LogP contribution in [0.25, 0.3) is 0 Å². The standard InChI is InChI=1S/C12H13ClN4OS/c1-6-4-16-10(19-6)5-17-11-8(12(15)18)2-7(14)3-9(11)13/h2-4,17H,5,14H2,1H3,(H2,15,18). The van der Waals surface area contributed by atoms with Crippen molar-refractivity contribution in [3.63, 3.8) is 0 Å². The molecular formula is C12H13ClN4OS. The maximum absolute atomic E-state index is 11.4. The van der Waals surface area contributed by atoms with Crippen molar-refractivity contribution < 1.29 is 4.79 Å². The minimum Gasteiger partial charge on any atom is -0.399 e. The van der Waals surface area contributed by atoms with Crippen molar-refractivity contribution in [3.05, 3.63) is 38.8 Å². The van der Waals surface area contributed by atoms with Gasteiger partial charge < -0.3 is 16.8 Å². The van der Waals surface area contributed by atoms with E-state index in [4.69, 9.17) is 23.1 Å². The lowest BCUT2D eigenvalue weighted by atomic mass is 10.1. The number of nitrogens with zero attached hydrogens (tertiary/aromatic N) is 1. The second-order valence-electron chi connectivity index (χ2n) is 4.01. The van der Waals surface area contributed by atoms with Crippen LogP contribution in [0.1, 0.15) is 20.2 Å². The predicted octanol–water partition coefficient (Wildman–Crippen LogP) is 2.40. The van der Waals surface area contributed by atoms with Crippen LogP contribution in [0.15, 0.2) is 18.3 Å². The van der Waals surface area contributed by atoms with E-state index in [1.165, 1.54) is 6.07 Å². The molecule has 2 aromatic rings. The van der Waals surface area contributed by atoms with Gasteiger partial charge in [-0.3, -0.25) is 4.79 Å². The van der Waals surface area contributed by atoms with Gasteiger partial charge >= 0.3 is 0 Å². The number of nitrogens with two attached hydrogens (primary N) is 2. The molecule has 0 spiro atoms. The summed E-state index contributed by atoms with van der Waals surface area (Å²) in [6.45, 7) is 2.45. The quantitative estimate of drug-likeness (QED) is 0.755. The van der Waals surface area contributed by atoms with Crippen molar-refractivity contribution in [1.29, 1.82) is 0 Å². The van der Waals surface area contributed by atoms with E-state index in [1.807, 2.05) is 6.92 Å². The Hall–Kier alpha value is -1.79. The number of anilines is 2. The molecule has 2 rings (SSSR count). The summed E-state index contributed by atoms with van der Waals surface area (Å²) < 4.78 is 0. The second kappa shape index (κ2) is 5.46. The molecule has 0 bridgehead atoms. The van der Waals surface area contributed by atoms with Crippen LogP contribution in [0.4, 0.5) is 11.4 Å². The molecule has 0 aliphatic carbocycles. The average molecular weight is 297 g/mol. The third-order valence-electron chi connectivity index (χ3n) is 2.46. The summed E-state index contributed by atoms with van der Waals surface area (Å²) in [7, 11) is 0. The number of hydrogen-bond acceptors (Lipinski definition) is 5. The summed E-state index contributed by atoms with van der Waals surface area (Å²) in [5.74, 6) is -0.577. The number of primary amides is 1. The number of aryl methyl sites for hydroxylation is 1. The fraction of sp³-hybridized carbons (Fsp3) is 0.167. The van der Waals surface area contributed by atoms with Crippen LogP contribution in [0.2, 0.25) is 5.02 Å². The molecule has 1 amide bonds. The molecule has 19 heavy (non-hydrogen) atoms. The van der Waals surface area contributed by atoms with Crippen molar-refractivity contribution in [2.45, 2.75) is 13.5 Å². The molecule has 0 fully saturated rings. The third-order valence-corrected chi connectivity index (χ3v) is 3.67. The number of nitrogens with one attached hydrogen (secondary N) is 1. The topological polar surface area (TPSA) is 94.0 Å². The van der Waals surface area contributed by atoms with Crippen LogP contribution in [-0.4, -0.2) is 10.9 Å². The van der Waals surface area contributed by atoms with E-state index < -0.39 is 5.91 Å². The van der Waals surface area contributed by atoms with Crippen LogP contribution in [-0.2, 0) is 6.54 Å². The van der Waals surface area contributed by atoms with Gasteiger partial charge in [0.2, 0.25) is 0 Å². The van der Waals surface area contributed by atoms with Crippen LogP contribution in [0.5, 0.6) is 0 Å². The Morgan fingerprint density at radius 3 is 2.84 bits per heavy atom. The van der Waals surface area contributed by atoms with Gasteiger partial charge in [-0.2, -0.15) is 0 Å². The Labute approximate surface area is 119 Å². The number of rotatable bonds is 4. The van der Waals surface area contributed by atoms with Crippen LogP contribution >= 0.6 is 22.9 Å². The number of amides is 1. The SMILES string of the molecule is Cc1cnc(CNc2c(Cl)cc(N)cc2C(N)=O)s1. The van der Waals surface area contributed by atoms with Crippen LogP contribution in [0.3, 0.4) is 0 Å². The Morgan fingerprint density at radius 2 is 2.26 bits per heavy atom. The van der Waals surface area contributed by atoms with Gasteiger partial charge in [0.25, 0.3) is 5.91 Å². The lowest BCUT2D eigenvalue weighted by molar-refractivity contribution is 0.100. The van der Waals surface area contributed by atoms with E-state index in [-0.39, 0.29) is 5.56 Å². The van der Waals surface area contributed by atoms with Crippen LogP contribution in [0, 0.1) is 6.92 Å². The summed E-state index contributed by atoms with van der Waals surface area (Å²) in [5.41, 5.74) is 12.1. The number of halogens is 1. The van der Waals surface area contributed by atoms with Crippen molar-refractivity contribution in [1.82, 2.24) is 4.98 Å². The van der Waals surface area contributed by atoms with E-state index >= 15 is 0 Å². The number of aromatic nitrogens is 1. The average Bonchev–Trinajstić information content (AvgIpc) is 2.73. The smallest absolute Gasteiger partial charge is 0.250 e. The molecule has 1 heterocycles. The first-order valence-electron chi connectivity index (χ1n) is 5.51. The lowest BCUT2D eigenvalue weighted by Gasteiger charge is -2.12. The second-order valence-corrected chi connectivity index (χ2v) is 5.73. The molecular weight excluding hydrogens is 284 g/mol. The Morgan fingerprint density at radius 1 is 1.53 bits per heavy atom. The number of nitrogen functional groups attached to an aromatic ring is 1. The zero-order valence-electron chi connectivity index (χ0n) is 10.2. The fourth-order valence-corrected chi connectivity index (χ4v) is 2.67. The molecule has 5 N–H and O–H groups in total. The summed E-state index contributed by atoms with van der Waals surface area (Å²) in [5, 5.41) is 4.35. The lowest BCUT2D eigenvalue weighted by Crippen LogP contribution is -2.15. The highest BCUT2D eigenvalue weighted by Gasteiger charge is 2.13. The first kappa shape index (κ1) is 13.6. The molecule has 7 heteroatoms. The third kappa shape index (κ3) is 3.15. The predicted molar refractivity (Wildman–Crippen MR) is 78.6 cm³/mol. The summed E-state index contributed by atoms with van der Waals surface area (Å²) in [4.78, 5) is 16.7. The number of benzene rings is 1. The highest BCUT2D eigenvalue weighted by molar-refractivity contribution is 7.11. The van der Waals surface area contributed by atoms with E-state index in [0.29, 0.717) is 22.9 Å². The number of hydrogen-bond donors (Lipinski definition) is 3. The minimum absolute atomic E-state index is 0.276. The number of carbonyl (C=O) groups is 1. The van der Waals surface area contributed by atoms with Gasteiger partial charge in [0.05, 0.1) is 22.8 Å². The summed E-state index contributed by atoms with van der Waals surface area (Å²) in [6, 6.07) is 3.08. The van der Waals surface area contributed by atoms with Crippen molar-refractivity contribution in [2.75, 3.05) is 11.1 Å². The monoisotopic (exact) mass is 296 g/mol. The zero-order valence-corrected chi connectivity index (χ0v) is 11.8. The Balaban J connectivity index is 2.26. The van der Waals surface area contributed by atoms with Gasteiger partial charge in [0.15, 0.2) is 0 Å². The maximum Gasteiger partial charge on any atom is 0.250 e. The minimum atomic E-state index is -0.577. The summed E-state index contributed by atoms with van der Waals surface area (Å²) in [6.07, 6.45) is 1.79.